The summed E-state index contributed by atoms with van der Waals surface area (Å²) in [5.41, 5.74) is 2.23. The number of amides is 1. The maximum absolute atomic E-state index is 13.9. The van der Waals surface area contributed by atoms with Crippen molar-refractivity contribution in [2.45, 2.75) is 32.7 Å². The number of likely N-dealkylation sites (tertiary alicyclic amines) is 1. The molecule has 1 saturated heterocycles. The van der Waals surface area contributed by atoms with Gasteiger partial charge in [0.2, 0.25) is 0 Å². The van der Waals surface area contributed by atoms with Gasteiger partial charge in [0.25, 0.3) is 5.91 Å². The molecule has 4 rings (SSSR count). The fourth-order valence-corrected chi connectivity index (χ4v) is 4.17. The summed E-state index contributed by atoms with van der Waals surface area (Å²) in [6.07, 6.45) is 4.34. The molecule has 1 aliphatic heterocycles. The number of pyridine rings is 1. The van der Waals surface area contributed by atoms with Crippen molar-refractivity contribution in [3.63, 3.8) is 0 Å². The van der Waals surface area contributed by atoms with Crippen LogP contribution in [0.25, 0.3) is 0 Å². The minimum atomic E-state index is -0.230. The first-order valence-electron chi connectivity index (χ1n) is 11.3. The lowest BCUT2D eigenvalue weighted by Crippen LogP contribution is -2.39. The Balaban J connectivity index is 1.33. The van der Waals surface area contributed by atoms with Gasteiger partial charge in [-0.25, -0.2) is 19.3 Å². The molecular formula is C25H29FN6O. The second kappa shape index (κ2) is 10.4. The summed E-state index contributed by atoms with van der Waals surface area (Å²) < 4.78 is 13.9. The number of piperidine rings is 1. The predicted octanol–water partition coefficient (Wildman–Crippen LogP) is 4.07. The number of hydrogen-bond acceptors (Lipinski definition) is 6. The molecule has 0 saturated carbocycles. The van der Waals surface area contributed by atoms with E-state index in [2.05, 4.69) is 25.6 Å². The van der Waals surface area contributed by atoms with Crippen LogP contribution in [0.4, 0.5) is 16.0 Å². The Morgan fingerprint density at radius 1 is 1.12 bits per heavy atom. The summed E-state index contributed by atoms with van der Waals surface area (Å²) in [5, 5.41) is 6.19. The van der Waals surface area contributed by atoms with Crippen LogP contribution in [0.1, 0.15) is 40.3 Å². The fourth-order valence-electron chi connectivity index (χ4n) is 4.17. The zero-order valence-electron chi connectivity index (χ0n) is 19.0. The molecular weight excluding hydrogens is 419 g/mol. The minimum Gasteiger partial charge on any atom is -0.373 e. The molecule has 0 bridgehead atoms. The molecule has 0 radical (unpaired) electrons. The van der Waals surface area contributed by atoms with Crippen molar-refractivity contribution in [3.8, 4) is 0 Å². The molecule has 33 heavy (non-hydrogen) atoms. The molecule has 0 atom stereocenters. The number of carbonyl (C=O) groups excluding carboxylic acids is 1. The third-order valence-corrected chi connectivity index (χ3v) is 5.97. The molecule has 1 fully saturated rings. The molecule has 7 nitrogen and oxygen atoms in total. The quantitative estimate of drug-likeness (QED) is 0.567. The number of anilines is 2. The molecule has 3 heterocycles. The van der Waals surface area contributed by atoms with Gasteiger partial charge in [-0.05, 0) is 50.3 Å². The average Bonchev–Trinajstić information content (AvgIpc) is 2.83. The van der Waals surface area contributed by atoms with Crippen LogP contribution in [0.2, 0.25) is 0 Å². The third kappa shape index (κ3) is 5.83. The molecule has 2 aromatic heterocycles. The number of aromatic nitrogens is 3. The summed E-state index contributed by atoms with van der Waals surface area (Å²) >= 11 is 0. The summed E-state index contributed by atoms with van der Waals surface area (Å²) in [4.78, 5) is 28.0. The van der Waals surface area contributed by atoms with Crippen LogP contribution in [-0.2, 0) is 13.0 Å². The van der Waals surface area contributed by atoms with Gasteiger partial charge in [0.1, 0.15) is 23.3 Å². The van der Waals surface area contributed by atoms with E-state index in [1.807, 2.05) is 24.0 Å². The SMILES string of the molecule is CNc1cc(C(=O)N2CCC(Cc3cc(NCc4ccccc4F)nc(C)n3)CC2)ccn1. The van der Waals surface area contributed by atoms with E-state index in [-0.39, 0.29) is 11.7 Å². The molecule has 1 amide bonds. The van der Waals surface area contributed by atoms with Crippen molar-refractivity contribution in [2.24, 2.45) is 5.92 Å². The first kappa shape index (κ1) is 22.6. The number of nitrogens with zero attached hydrogens (tertiary/aromatic N) is 4. The van der Waals surface area contributed by atoms with Gasteiger partial charge >= 0.3 is 0 Å². The van der Waals surface area contributed by atoms with Crippen molar-refractivity contribution >= 4 is 17.5 Å². The van der Waals surface area contributed by atoms with Gasteiger partial charge in [0, 0.05) is 55.8 Å². The molecule has 172 valence electrons. The smallest absolute Gasteiger partial charge is 0.254 e. The third-order valence-electron chi connectivity index (χ3n) is 5.97. The molecule has 0 aliphatic carbocycles. The van der Waals surface area contributed by atoms with Crippen LogP contribution in [0.15, 0.2) is 48.7 Å². The second-order valence-electron chi connectivity index (χ2n) is 8.36. The molecule has 1 aliphatic rings. The zero-order valence-corrected chi connectivity index (χ0v) is 19.0. The molecule has 0 unspecified atom stereocenters. The lowest BCUT2D eigenvalue weighted by Gasteiger charge is -2.32. The highest BCUT2D eigenvalue weighted by Crippen LogP contribution is 2.24. The van der Waals surface area contributed by atoms with Crippen molar-refractivity contribution in [2.75, 3.05) is 30.8 Å². The van der Waals surface area contributed by atoms with Gasteiger partial charge in [-0.15, -0.1) is 0 Å². The maximum atomic E-state index is 13.9. The van der Waals surface area contributed by atoms with Crippen LogP contribution in [0.3, 0.4) is 0 Å². The van der Waals surface area contributed by atoms with Gasteiger partial charge in [0.15, 0.2) is 0 Å². The Morgan fingerprint density at radius 2 is 1.91 bits per heavy atom. The monoisotopic (exact) mass is 448 g/mol. The van der Waals surface area contributed by atoms with E-state index in [1.165, 1.54) is 6.07 Å². The van der Waals surface area contributed by atoms with Crippen molar-refractivity contribution in [1.29, 1.82) is 0 Å². The van der Waals surface area contributed by atoms with E-state index in [0.29, 0.717) is 41.0 Å². The Kier molecular flexibility index (Phi) is 7.12. The van der Waals surface area contributed by atoms with Crippen LogP contribution in [0.5, 0.6) is 0 Å². The summed E-state index contributed by atoms with van der Waals surface area (Å²) in [6, 6.07) is 12.2. The average molecular weight is 449 g/mol. The van der Waals surface area contributed by atoms with Gasteiger partial charge in [-0.3, -0.25) is 4.79 Å². The normalized spacial score (nSPS) is 14.2. The van der Waals surface area contributed by atoms with Crippen LogP contribution >= 0.6 is 0 Å². The van der Waals surface area contributed by atoms with Crippen LogP contribution in [-0.4, -0.2) is 45.9 Å². The number of hydrogen-bond donors (Lipinski definition) is 2. The number of rotatable bonds is 7. The number of halogens is 1. The van der Waals surface area contributed by atoms with E-state index in [1.54, 1.807) is 37.5 Å². The van der Waals surface area contributed by atoms with Gasteiger partial charge in [-0.1, -0.05) is 18.2 Å². The molecule has 8 heteroatoms. The van der Waals surface area contributed by atoms with E-state index in [0.717, 1.165) is 38.0 Å². The highest BCUT2D eigenvalue weighted by Gasteiger charge is 2.24. The number of benzene rings is 1. The first-order chi connectivity index (χ1) is 16.0. The lowest BCUT2D eigenvalue weighted by molar-refractivity contribution is 0.0690. The first-order valence-corrected chi connectivity index (χ1v) is 11.3. The summed E-state index contributed by atoms with van der Waals surface area (Å²) in [5.74, 6) is 2.35. The van der Waals surface area contributed by atoms with E-state index in [9.17, 15) is 9.18 Å². The highest BCUT2D eigenvalue weighted by molar-refractivity contribution is 5.94. The fraction of sp³-hybridized carbons (Fsp3) is 0.360. The van der Waals surface area contributed by atoms with Gasteiger partial charge in [0.05, 0.1) is 0 Å². The predicted molar refractivity (Wildman–Crippen MR) is 127 cm³/mol. The van der Waals surface area contributed by atoms with E-state index in [4.69, 9.17) is 0 Å². The van der Waals surface area contributed by atoms with Crippen molar-refractivity contribution < 1.29 is 9.18 Å². The Labute approximate surface area is 193 Å². The molecule has 3 aromatic rings. The Bertz CT molecular complexity index is 1110. The van der Waals surface area contributed by atoms with E-state index >= 15 is 0 Å². The zero-order chi connectivity index (χ0) is 23.2. The van der Waals surface area contributed by atoms with Crippen LogP contribution in [0, 0.1) is 18.7 Å². The Hall–Kier alpha value is -3.55. The molecule has 2 N–H and O–H groups in total. The minimum absolute atomic E-state index is 0.0462. The van der Waals surface area contributed by atoms with Crippen molar-refractivity contribution in [1.82, 2.24) is 19.9 Å². The topological polar surface area (TPSA) is 83.0 Å². The highest BCUT2D eigenvalue weighted by atomic mass is 19.1. The van der Waals surface area contributed by atoms with Crippen LogP contribution < -0.4 is 10.6 Å². The maximum Gasteiger partial charge on any atom is 0.254 e. The Morgan fingerprint density at radius 3 is 2.67 bits per heavy atom. The second-order valence-corrected chi connectivity index (χ2v) is 8.36. The van der Waals surface area contributed by atoms with Gasteiger partial charge < -0.3 is 15.5 Å². The standard InChI is InChI=1S/C25H29FN6O/c1-17-30-21(15-24(31-17)29-16-20-5-3-4-6-22(20)26)13-18-8-11-32(12-9-18)25(33)19-7-10-28-23(14-19)27-2/h3-7,10,14-15,18H,8-9,11-13,16H2,1-2H3,(H,27,28)(H,29,30,31). The number of nitrogens with one attached hydrogen (secondary N) is 2. The summed E-state index contributed by atoms with van der Waals surface area (Å²) in [7, 11) is 1.79. The number of aryl methyl sites for hydroxylation is 1. The molecule has 1 aromatic carbocycles. The largest absolute Gasteiger partial charge is 0.373 e. The lowest BCUT2D eigenvalue weighted by atomic mass is 9.91. The number of carbonyl (C=O) groups is 1. The summed E-state index contributed by atoms with van der Waals surface area (Å²) in [6.45, 7) is 3.69. The van der Waals surface area contributed by atoms with E-state index < -0.39 is 0 Å². The molecule has 0 spiro atoms. The van der Waals surface area contributed by atoms with Crippen molar-refractivity contribution in [3.05, 3.63) is 77.1 Å². The van der Waals surface area contributed by atoms with Gasteiger partial charge in [-0.2, -0.15) is 0 Å².